The molecular formula is C24H40BaO7S. The second kappa shape index (κ2) is 15.6. The predicted molar refractivity (Wildman–Crippen MR) is 132 cm³/mol. The average molecular weight is 610 g/mol. The summed E-state index contributed by atoms with van der Waals surface area (Å²) in [6.07, 6.45) is 3.80. The fraction of sp³-hybridized carbons (Fsp3) is 0.667. The molecule has 1 N–H and O–H groups in total. The van der Waals surface area contributed by atoms with E-state index in [0.29, 0.717) is 37.5 Å². The van der Waals surface area contributed by atoms with Gasteiger partial charge in [0.15, 0.2) is 0 Å². The van der Waals surface area contributed by atoms with E-state index in [1.165, 1.54) is 6.07 Å². The zero-order chi connectivity index (χ0) is 24.5. The zero-order valence-electron chi connectivity index (χ0n) is 20.1. The van der Waals surface area contributed by atoms with Gasteiger partial charge in [-0.05, 0) is 55.7 Å². The van der Waals surface area contributed by atoms with E-state index in [0.717, 1.165) is 25.0 Å². The number of rotatable bonds is 13. The van der Waals surface area contributed by atoms with E-state index in [2.05, 4.69) is 27.7 Å². The molecule has 1 rings (SSSR count). The van der Waals surface area contributed by atoms with Crippen LogP contribution >= 0.6 is 0 Å². The van der Waals surface area contributed by atoms with Crippen molar-refractivity contribution in [1.29, 1.82) is 0 Å². The summed E-state index contributed by atoms with van der Waals surface area (Å²) in [5, 5.41) is 0. The number of ether oxygens (including phenoxy) is 2. The van der Waals surface area contributed by atoms with Crippen LogP contribution in [0.1, 0.15) is 101 Å². The van der Waals surface area contributed by atoms with Gasteiger partial charge in [0, 0.05) is 0 Å². The Morgan fingerprint density at radius 3 is 1.42 bits per heavy atom. The summed E-state index contributed by atoms with van der Waals surface area (Å²) in [5.41, 5.74) is -0.241. The van der Waals surface area contributed by atoms with Gasteiger partial charge in [0.1, 0.15) is 12.2 Å². The van der Waals surface area contributed by atoms with E-state index in [4.69, 9.17) is 9.47 Å². The molecule has 0 saturated carbocycles. The number of carbonyl (C=O) groups excluding carboxylic acids is 2. The fourth-order valence-corrected chi connectivity index (χ4v) is 3.80. The third kappa shape index (κ3) is 11.3. The quantitative estimate of drug-likeness (QED) is 0.195. The molecule has 1 aromatic rings. The van der Waals surface area contributed by atoms with Crippen LogP contribution in [-0.2, 0) is 19.6 Å². The second-order valence-electron chi connectivity index (χ2n) is 8.59. The first kappa shape index (κ1) is 32.6. The molecule has 0 amide bonds. The molecule has 0 saturated heterocycles. The van der Waals surface area contributed by atoms with Crippen LogP contribution in [0.15, 0.2) is 23.1 Å². The van der Waals surface area contributed by atoms with Crippen molar-refractivity contribution in [3.8, 4) is 0 Å². The molecule has 0 fully saturated rings. The third-order valence-corrected chi connectivity index (χ3v) is 6.69. The summed E-state index contributed by atoms with van der Waals surface area (Å²) in [4.78, 5) is 24.9. The molecule has 0 aromatic heterocycles. The second-order valence-corrected chi connectivity index (χ2v) is 10.0. The van der Waals surface area contributed by atoms with Gasteiger partial charge in [0.25, 0.3) is 10.1 Å². The number of hydrogen-bond donors (Lipinski definition) is 1. The van der Waals surface area contributed by atoms with Gasteiger partial charge in [-0.2, -0.15) is 8.42 Å². The monoisotopic (exact) mass is 610 g/mol. The van der Waals surface area contributed by atoms with E-state index in [1.807, 2.05) is 13.8 Å². The van der Waals surface area contributed by atoms with Crippen LogP contribution in [0.25, 0.3) is 0 Å². The predicted octanol–water partition coefficient (Wildman–Crippen LogP) is 4.76. The molecule has 0 radical (unpaired) electrons. The van der Waals surface area contributed by atoms with Crippen molar-refractivity contribution in [2.24, 2.45) is 11.8 Å². The van der Waals surface area contributed by atoms with Gasteiger partial charge in [-0.15, -0.1) is 0 Å². The third-order valence-electron chi connectivity index (χ3n) is 5.86. The topological polar surface area (TPSA) is 107 Å². The van der Waals surface area contributed by atoms with Gasteiger partial charge in [-0.25, -0.2) is 9.59 Å². The van der Waals surface area contributed by atoms with E-state index in [9.17, 15) is 22.6 Å². The molecule has 4 unspecified atom stereocenters. The number of hydrogen-bond acceptors (Lipinski definition) is 6. The Bertz CT molecular complexity index is 817. The summed E-state index contributed by atoms with van der Waals surface area (Å²) in [6, 6.07) is 3.28. The Hall–Kier alpha value is -0.359. The van der Waals surface area contributed by atoms with Crippen molar-refractivity contribution in [2.45, 2.75) is 97.2 Å². The maximum absolute atomic E-state index is 12.7. The summed E-state index contributed by atoms with van der Waals surface area (Å²) in [7, 11) is -4.64. The molecule has 186 valence electrons. The minimum atomic E-state index is -4.64. The molecule has 7 nitrogen and oxygen atoms in total. The Balaban J connectivity index is 0.0000102. The van der Waals surface area contributed by atoms with Crippen LogP contribution in [0.2, 0.25) is 0 Å². The number of benzene rings is 1. The molecule has 4 atom stereocenters. The van der Waals surface area contributed by atoms with Crippen molar-refractivity contribution in [2.75, 3.05) is 0 Å². The standard InChI is InChI=1S/C24H38O7S.Ba.2H/c1-7-16(5)11-20(9-3)30-23(25)18-13-19(15-22(14-18)32(27,28)29)24(26)31-21(10-4)12-17(6)8-2;;;/h13-17,20-21H,7-12H2,1-6H3,(H,27,28,29);;;. The van der Waals surface area contributed by atoms with Gasteiger partial charge in [0.2, 0.25) is 0 Å². The molecule has 0 heterocycles. The van der Waals surface area contributed by atoms with E-state index >= 15 is 0 Å². The first-order chi connectivity index (χ1) is 14.9. The molecule has 33 heavy (non-hydrogen) atoms. The number of carbonyl (C=O) groups is 2. The molecule has 0 bridgehead atoms. The first-order valence-electron chi connectivity index (χ1n) is 11.5. The zero-order valence-corrected chi connectivity index (χ0v) is 20.9. The molecule has 1 aromatic carbocycles. The van der Waals surface area contributed by atoms with E-state index < -0.39 is 27.0 Å². The van der Waals surface area contributed by atoms with Crippen LogP contribution < -0.4 is 0 Å². The molecule has 0 aliphatic heterocycles. The minimum absolute atomic E-state index is 0. The van der Waals surface area contributed by atoms with Gasteiger partial charge < -0.3 is 9.47 Å². The Morgan fingerprint density at radius 2 is 1.15 bits per heavy atom. The van der Waals surface area contributed by atoms with E-state index in [1.54, 1.807) is 0 Å². The van der Waals surface area contributed by atoms with Crippen LogP contribution in [0, 0.1) is 11.8 Å². The van der Waals surface area contributed by atoms with Gasteiger partial charge in [-0.1, -0.05) is 54.4 Å². The van der Waals surface area contributed by atoms with Crippen LogP contribution in [0.3, 0.4) is 0 Å². The van der Waals surface area contributed by atoms with Crippen molar-refractivity contribution < 1.29 is 32.0 Å². The SMILES string of the molecule is CCC(C)CC(CC)OC(=O)c1cc(C(=O)OC(CC)CC(C)CC)cc(S(=O)(=O)O)c1.[BaH2]. The molecular weight excluding hydrogens is 570 g/mol. The van der Waals surface area contributed by atoms with Crippen molar-refractivity contribution in [3.63, 3.8) is 0 Å². The molecule has 0 aliphatic carbocycles. The Morgan fingerprint density at radius 1 is 0.788 bits per heavy atom. The van der Waals surface area contributed by atoms with Crippen LogP contribution in [0.4, 0.5) is 0 Å². The summed E-state index contributed by atoms with van der Waals surface area (Å²) < 4.78 is 44.2. The number of esters is 2. The molecule has 9 heteroatoms. The van der Waals surface area contributed by atoms with Crippen LogP contribution in [0.5, 0.6) is 0 Å². The van der Waals surface area contributed by atoms with Crippen LogP contribution in [-0.4, -0.2) is 86.0 Å². The molecule has 0 spiro atoms. The molecule has 0 aliphatic rings. The fourth-order valence-electron chi connectivity index (χ4n) is 3.25. The van der Waals surface area contributed by atoms with E-state index in [-0.39, 0.29) is 72.2 Å². The summed E-state index contributed by atoms with van der Waals surface area (Å²) in [5.74, 6) is -0.768. The summed E-state index contributed by atoms with van der Waals surface area (Å²) in [6.45, 7) is 12.0. The first-order valence-corrected chi connectivity index (χ1v) is 12.9. The normalized spacial score (nSPS) is 15.0. The van der Waals surface area contributed by atoms with Crippen molar-refractivity contribution >= 4 is 70.9 Å². The van der Waals surface area contributed by atoms with Gasteiger partial charge >= 0.3 is 60.8 Å². The maximum atomic E-state index is 12.7. The summed E-state index contributed by atoms with van der Waals surface area (Å²) >= 11 is 0. The van der Waals surface area contributed by atoms with Crippen molar-refractivity contribution in [3.05, 3.63) is 29.3 Å². The van der Waals surface area contributed by atoms with Gasteiger partial charge in [-0.3, -0.25) is 4.55 Å². The Kier molecular flexibility index (Phi) is 15.4. The Labute approximate surface area is 239 Å². The van der Waals surface area contributed by atoms with Gasteiger partial charge in [0.05, 0.1) is 16.0 Å². The average Bonchev–Trinajstić information content (AvgIpc) is 2.76. The van der Waals surface area contributed by atoms with Crippen molar-refractivity contribution in [1.82, 2.24) is 0 Å².